The molecule has 0 bridgehead atoms. The van der Waals surface area contributed by atoms with Crippen molar-refractivity contribution in [3.63, 3.8) is 0 Å². The molecule has 0 aliphatic rings. The Labute approximate surface area is 117 Å². The van der Waals surface area contributed by atoms with Gasteiger partial charge in [-0.15, -0.1) is 0 Å². The number of hydrogen-bond acceptors (Lipinski definition) is 2. The molecular formula is C13H10FIN2O. The van der Waals surface area contributed by atoms with Gasteiger partial charge in [0.15, 0.2) is 0 Å². The van der Waals surface area contributed by atoms with Crippen molar-refractivity contribution in [2.45, 2.75) is 0 Å². The normalized spacial score (nSPS) is 10.1. The largest absolute Gasteiger partial charge is 0.399 e. The summed E-state index contributed by atoms with van der Waals surface area (Å²) in [5, 5.41) is 2.60. The van der Waals surface area contributed by atoms with Gasteiger partial charge in [-0.1, -0.05) is 0 Å². The molecule has 3 nitrogen and oxygen atoms in total. The van der Waals surface area contributed by atoms with Crippen LogP contribution in [0.1, 0.15) is 10.4 Å². The number of carbonyl (C=O) groups is 1. The minimum absolute atomic E-state index is 0.271. The Morgan fingerprint density at radius 3 is 2.44 bits per heavy atom. The van der Waals surface area contributed by atoms with Crippen LogP contribution in [-0.2, 0) is 0 Å². The van der Waals surface area contributed by atoms with Gasteiger partial charge < -0.3 is 11.1 Å². The highest BCUT2D eigenvalue weighted by molar-refractivity contribution is 14.1. The van der Waals surface area contributed by atoms with Gasteiger partial charge in [-0.25, -0.2) is 4.39 Å². The summed E-state index contributed by atoms with van der Waals surface area (Å²) < 4.78 is 14.1. The average molecular weight is 356 g/mol. The van der Waals surface area contributed by atoms with Crippen LogP contribution in [0, 0.1) is 9.39 Å². The molecule has 0 aliphatic carbocycles. The van der Waals surface area contributed by atoms with Gasteiger partial charge in [-0.2, -0.15) is 0 Å². The van der Waals surface area contributed by atoms with Crippen LogP contribution in [-0.4, -0.2) is 5.91 Å². The molecule has 2 rings (SSSR count). The molecule has 0 fully saturated rings. The summed E-state index contributed by atoms with van der Waals surface area (Å²) in [5.41, 5.74) is 6.63. The van der Waals surface area contributed by atoms with E-state index in [1.807, 2.05) is 12.1 Å². The average Bonchev–Trinajstić information content (AvgIpc) is 2.28. The summed E-state index contributed by atoms with van der Waals surface area (Å²) in [6.07, 6.45) is 0. The quantitative estimate of drug-likeness (QED) is 0.641. The minimum Gasteiger partial charge on any atom is -0.399 e. The van der Waals surface area contributed by atoms with Crippen molar-refractivity contribution in [2.75, 3.05) is 11.1 Å². The first-order valence-electron chi connectivity index (χ1n) is 5.17. The van der Waals surface area contributed by atoms with Gasteiger partial charge in [0, 0.05) is 20.5 Å². The van der Waals surface area contributed by atoms with Crippen LogP contribution in [0.5, 0.6) is 0 Å². The van der Waals surface area contributed by atoms with E-state index in [9.17, 15) is 9.18 Å². The summed E-state index contributed by atoms with van der Waals surface area (Å²) in [7, 11) is 0. The van der Waals surface area contributed by atoms with Crippen LogP contribution < -0.4 is 11.1 Å². The maximum absolute atomic E-state index is 13.1. The summed E-state index contributed by atoms with van der Waals surface area (Å²) in [5.74, 6) is -0.774. The van der Waals surface area contributed by atoms with Gasteiger partial charge in [0.2, 0.25) is 0 Å². The summed E-state index contributed by atoms with van der Waals surface area (Å²) in [4.78, 5) is 11.9. The molecule has 1 amide bonds. The Kier molecular flexibility index (Phi) is 3.81. The van der Waals surface area contributed by atoms with E-state index in [2.05, 4.69) is 27.9 Å². The lowest BCUT2D eigenvalue weighted by molar-refractivity contribution is 0.102. The smallest absolute Gasteiger partial charge is 0.255 e. The van der Waals surface area contributed by atoms with Gasteiger partial charge >= 0.3 is 0 Å². The van der Waals surface area contributed by atoms with E-state index in [0.29, 0.717) is 11.3 Å². The van der Waals surface area contributed by atoms with Crippen LogP contribution in [0.3, 0.4) is 0 Å². The molecule has 2 aromatic carbocycles. The Balaban J connectivity index is 2.18. The van der Waals surface area contributed by atoms with Crippen LogP contribution >= 0.6 is 22.6 Å². The number of anilines is 2. The summed E-state index contributed by atoms with van der Waals surface area (Å²) in [6, 6.07) is 11.0. The molecule has 92 valence electrons. The highest BCUT2D eigenvalue weighted by atomic mass is 127. The zero-order valence-corrected chi connectivity index (χ0v) is 11.4. The second-order valence-corrected chi connectivity index (χ2v) is 4.98. The fourth-order valence-corrected chi connectivity index (χ4v) is 1.85. The number of hydrogen-bond donors (Lipinski definition) is 2. The maximum atomic E-state index is 13.1. The zero-order valence-electron chi connectivity index (χ0n) is 9.28. The first-order valence-corrected chi connectivity index (χ1v) is 6.25. The van der Waals surface area contributed by atoms with E-state index < -0.39 is 5.82 Å². The predicted molar refractivity (Wildman–Crippen MR) is 77.9 cm³/mol. The first kappa shape index (κ1) is 12.8. The first-order chi connectivity index (χ1) is 8.54. The number of carbonyl (C=O) groups excluding carboxylic acids is 1. The fraction of sp³-hybridized carbons (Fsp3) is 0. The fourth-order valence-electron chi connectivity index (χ4n) is 1.49. The molecule has 0 aliphatic heterocycles. The zero-order chi connectivity index (χ0) is 13.1. The van der Waals surface area contributed by atoms with Gasteiger partial charge in [0.1, 0.15) is 5.82 Å². The van der Waals surface area contributed by atoms with Crippen molar-refractivity contribution in [3.8, 4) is 0 Å². The van der Waals surface area contributed by atoms with Crippen molar-refractivity contribution >= 4 is 39.9 Å². The Bertz CT molecular complexity index is 564. The Hall–Kier alpha value is -1.63. The molecule has 5 heteroatoms. The molecular weight excluding hydrogens is 346 g/mol. The monoisotopic (exact) mass is 356 g/mol. The molecule has 0 aromatic heterocycles. The lowest BCUT2D eigenvalue weighted by Gasteiger charge is -2.06. The third kappa shape index (κ3) is 3.19. The van der Waals surface area contributed by atoms with Gasteiger partial charge in [0.25, 0.3) is 5.91 Å². The second kappa shape index (κ2) is 5.34. The van der Waals surface area contributed by atoms with E-state index in [4.69, 9.17) is 5.73 Å². The van der Waals surface area contributed by atoms with Crippen LogP contribution in [0.15, 0.2) is 42.5 Å². The van der Waals surface area contributed by atoms with E-state index in [0.717, 1.165) is 3.57 Å². The second-order valence-electron chi connectivity index (χ2n) is 3.73. The number of rotatable bonds is 2. The maximum Gasteiger partial charge on any atom is 0.255 e. The van der Waals surface area contributed by atoms with Crippen molar-refractivity contribution < 1.29 is 9.18 Å². The number of nitrogens with two attached hydrogens (primary N) is 1. The molecule has 0 radical (unpaired) electrons. The van der Waals surface area contributed by atoms with Crippen LogP contribution in [0.4, 0.5) is 15.8 Å². The number of benzene rings is 2. The number of amides is 1. The summed E-state index contributed by atoms with van der Waals surface area (Å²) in [6.45, 7) is 0. The van der Waals surface area contributed by atoms with Crippen LogP contribution in [0.2, 0.25) is 0 Å². The number of nitrogen functional groups attached to an aromatic ring is 1. The number of halogens is 2. The Morgan fingerprint density at radius 1 is 1.17 bits per heavy atom. The van der Waals surface area contributed by atoms with Crippen molar-refractivity contribution in [3.05, 3.63) is 57.4 Å². The van der Waals surface area contributed by atoms with E-state index >= 15 is 0 Å². The van der Waals surface area contributed by atoms with E-state index in [-0.39, 0.29) is 11.6 Å². The number of nitrogens with one attached hydrogen (secondary N) is 1. The summed E-state index contributed by atoms with van der Waals surface area (Å²) >= 11 is 2.15. The van der Waals surface area contributed by atoms with Gasteiger partial charge in [0.05, 0.1) is 0 Å². The molecule has 2 aromatic rings. The van der Waals surface area contributed by atoms with Crippen molar-refractivity contribution in [1.29, 1.82) is 0 Å². The molecule has 18 heavy (non-hydrogen) atoms. The van der Waals surface area contributed by atoms with E-state index in [1.165, 1.54) is 18.2 Å². The Morgan fingerprint density at radius 2 is 1.83 bits per heavy atom. The third-order valence-electron chi connectivity index (χ3n) is 2.28. The molecule has 0 unspecified atom stereocenters. The molecule has 0 atom stereocenters. The topological polar surface area (TPSA) is 55.1 Å². The lowest BCUT2D eigenvalue weighted by Crippen LogP contribution is -2.12. The molecule has 0 spiro atoms. The third-order valence-corrected chi connectivity index (χ3v) is 3.00. The SMILES string of the molecule is Nc1cc(F)cc(NC(=O)c2ccc(I)cc2)c1. The van der Waals surface area contributed by atoms with Crippen LogP contribution in [0.25, 0.3) is 0 Å². The predicted octanol–water partition coefficient (Wildman–Crippen LogP) is 3.26. The van der Waals surface area contributed by atoms with Crippen molar-refractivity contribution in [1.82, 2.24) is 0 Å². The molecule has 3 N–H and O–H groups in total. The molecule has 0 heterocycles. The van der Waals surface area contributed by atoms with Gasteiger partial charge in [-0.3, -0.25) is 4.79 Å². The van der Waals surface area contributed by atoms with E-state index in [1.54, 1.807) is 12.1 Å². The minimum atomic E-state index is -0.479. The highest BCUT2D eigenvalue weighted by Crippen LogP contribution is 2.16. The highest BCUT2D eigenvalue weighted by Gasteiger charge is 2.07. The van der Waals surface area contributed by atoms with Gasteiger partial charge in [-0.05, 0) is 65.1 Å². The lowest BCUT2D eigenvalue weighted by atomic mass is 10.2. The molecule has 0 saturated carbocycles. The molecule has 0 saturated heterocycles. The standard InChI is InChI=1S/C13H10FIN2O/c14-9-5-11(16)7-12(6-9)17-13(18)8-1-3-10(15)4-2-8/h1-7H,16H2,(H,17,18). The van der Waals surface area contributed by atoms with Crippen molar-refractivity contribution in [2.24, 2.45) is 0 Å².